The Morgan fingerprint density at radius 2 is 1.82 bits per heavy atom. The predicted octanol–water partition coefficient (Wildman–Crippen LogP) is 5.16. The van der Waals surface area contributed by atoms with E-state index in [9.17, 15) is 13.9 Å². The molecule has 4 N–H and O–H groups in total. The minimum absolute atomic E-state index is 0.0633. The van der Waals surface area contributed by atoms with Crippen LogP contribution in [-0.4, -0.2) is 56.3 Å². The molecule has 0 aliphatic carbocycles. The van der Waals surface area contributed by atoms with Gasteiger partial charge in [0, 0.05) is 36.2 Å². The lowest BCUT2D eigenvalue weighted by atomic mass is 9.88. The summed E-state index contributed by atoms with van der Waals surface area (Å²) in [4.78, 5) is 22.5. The van der Waals surface area contributed by atoms with Gasteiger partial charge in [0.25, 0.3) is 5.91 Å². The zero-order valence-electron chi connectivity index (χ0n) is 22.2. The monoisotopic (exact) mass is 559 g/mol. The molecule has 0 spiro atoms. The van der Waals surface area contributed by atoms with E-state index in [1.807, 2.05) is 29.6 Å². The topological polar surface area (TPSA) is 129 Å². The number of anilines is 1. The van der Waals surface area contributed by atoms with Gasteiger partial charge in [0.15, 0.2) is 0 Å². The highest BCUT2D eigenvalue weighted by Gasteiger charge is 2.58. The van der Waals surface area contributed by atoms with Crippen LogP contribution in [0.4, 0.5) is 5.82 Å². The van der Waals surface area contributed by atoms with Gasteiger partial charge in [0.1, 0.15) is 32.6 Å². The molecule has 10 nitrogen and oxygen atoms in total. The molecule has 0 radical (unpaired) electrons. The van der Waals surface area contributed by atoms with Gasteiger partial charge in [0.2, 0.25) is 5.96 Å². The summed E-state index contributed by atoms with van der Waals surface area (Å²) in [5.41, 5.74) is 0.202. The molecule has 1 atom stereocenters. The summed E-state index contributed by atoms with van der Waals surface area (Å²) in [7, 11) is 1.29. The molecule has 1 amide bonds. The third-order valence-electron chi connectivity index (χ3n) is 7.00. The molecule has 38 heavy (non-hydrogen) atoms. The molecule has 0 bridgehead atoms. The van der Waals surface area contributed by atoms with E-state index in [4.69, 9.17) is 19.5 Å². The summed E-state index contributed by atoms with van der Waals surface area (Å²) in [6.07, 6.45) is 0. The molecule has 2 aromatic carbocycles. The molecular weight excluding hydrogens is 526 g/mol. The number of hydrogen-bond donors (Lipinski definition) is 4. The standard InChI is InChI=1S/C26H33N5O5S2/c1-25(2)26(3,30-24(31(4)38(25,33)34)29-22(32)17-10-8-7-9-11-17)23-28-21(16-37-23)27-15-18-12-13-19(35-5)14-20(18)36-6/h7-14,16,27,33-34H,15H2,1-6H3,(H,29,30,32). The maximum absolute atomic E-state index is 12.9. The summed E-state index contributed by atoms with van der Waals surface area (Å²) in [6.45, 7) is 5.75. The normalized spacial score (nSPS) is 20.7. The van der Waals surface area contributed by atoms with E-state index >= 15 is 0 Å². The number of benzene rings is 2. The fraction of sp³-hybridized carbons (Fsp3) is 0.346. The number of rotatable bonds is 7. The Morgan fingerprint density at radius 3 is 2.47 bits per heavy atom. The van der Waals surface area contributed by atoms with E-state index < -0.39 is 27.0 Å². The van der Waals surface area contributed by atoms with Crippen LogP contribution in [0.15, 0.2) is 58.9 Å². The number of ether oxygens (including phenoxy) is 2. The number of carbonyl (C=O) groups is 1. The Morgan fingerprint density at radius 1 is 1.11 bits per heavy atom. The van der Waals surface area contributed by atoms with Crippen molar-refractivity contribution in [3.63, 3.8) is 0 Å². The maximum Gasteiger partial charge on any atom is 0.257 e. The van der Waals surface area contributed by atoms with Gasteiger partial charge in [-0.15, -0.1) is 22.1 Å². The number of guanidine groups is 1. The Hall–Kier alpha value is -3.32. The molecule has 1 aliphatic heterocycles. The first-order valence-corrected chi connectivity index (χ1v) is 14.2. The van der Waals surface area contributed by atoms with Gasteiger partial charge in [-0.25, -0.2) is 14.3 Å². The molecule has 0 fully saturated rings. The van der Waals surface area contributed by atoms with Crippen LogP contribution in [0.3, 0.4) is 0 Å². The van der Waals surface area contributed by atoms with Crippen molar-refractivity contribution in [3.05, 3.63) is 70.0 Å². The number of aliphatic imine (C=N–C) groups is 1. The van der Waals surface area contributed by atoms with Crippen LogP contribution in [0, 0.1) is 0 Å². The largest absolute Gasteiger partial charge is 0.497 e. The molecule has 0 saturated carbocycles. The first-order chi connectivity index (χ1) is 17.9. The van der Waals surface area contributed by atoms with E-state index in [0.717, 1.165) is 5.56 Å². The Balaban J connectivity index is 1.63. The summed E-state index contributed by atoms with van der Waals surface area (Å²) < 4.78 is 33.6. The van der Waals surface area contributed by atoms with Crippen LogP contribution in [0.25, 0.3) is 0 Å². The SMILES string of the molecule is COc1ccc(CNc2csc(C3(C)N=C(NC(=O)c4ccccc4)N(C)S(O)(O)C3(C)C)n2)c(OC)c1. The van der Waals surface area contributed by atoms with Crippen LogP contribution in [-0.2, 0) is 12.1 Å². The van der Waals surface area contributed by atoms with Gasteiger partial charge >= 0.3 is 0 Å². The summed E-state index contributed by atoms with van der Waals surface area (Å²) in [5, 5.41) is 8.49. The molecule has 3 aromatic rings. The lowest BCUT2D eigenvalue weighted by Crippen LogP contribution is -2.60. The Bertz CT molecular complexity index is 1340. The van der Waals surface area contributed by atoms with Crippen molar-refractivity contribution in [2.45, 2.75) is 37.6 Å². The highest BCUT2D eigenvalue weighted by atomic mass is 32.3. The summed E-state index contributed by atoms with van der Waals surface area (Å²) in [5.74, 6) is 1.66. The number of aromatic nitrogens is 1. The van der Waals surface area contributed by atoms with E-state index in [-0.39, 0.29) is 5.96 Å². The van der Waals surface area contributed by atoms with Gasteiger partial charge in [-0.3, -0.25) is 19.2 Å². The van der Waals surface area contributed by atoms with E-state index in [0.29, 0.717) is 34.4 Å². The number of carbonyl (C=O) groups excluding carboxylic acids is 1. The lowest BCUT2D eigenvalue weighted by molar-refractivity contribution is 0.0973. The molecule has 12 heteroatoms. The average Bonchev–Trinajstić information content (AvgIpc) is 3.40. The van der Waals surface area contributed by atoms with Crippen molar-refractivity contribution in [3.8, 4) is 11.5 Å². The molecule has 1 unspecified atom stereocenters. The highest BCUT2D eigenvalue weighted by Crippen LogP contribution is 2.65. The number of nitrogens with one attached hydrogen (secondary N) is 2. The number of hydrogen-bond acceptors (Lipinski definition) is 10. The third-order valence-corrected chi connectivity index (χ3v) is 10.8. The minimum atomic E-state index is -3.43. The van der Waals surface area contributed by atoms with Crippen molar-refractivity contribution in [1.82, 2.24) is 14.6 Å². The maximum atomic E-state index is 12.9. The van der Waals surface area contributed by atoms with Crippen LogP contribution in [0.5, 0.6) is 11.5 Å². The molecule has 2 heterocycles. The van der Waals surface area contributed by atoms with Crippen molar-refractivity contribution >= 4 is 39.8 Å². The van der Waals surface area contributed by atoms with Crippen molar-refractivity contribution in [2.24, 2.45) is 4.99 Å². The van der Waals surface area contributed by atoms with Gasteiger partial charge < -0.3 is 14.8 Å². The van der Waals surface area contributed by atoms with Gasteiger partial charge in [-0.1, -0.05) is 18.2 Å². The van der Waals surface area contributed by atoms with Gasteiger partial charge in [0.05, 0.1) is 14.2 Å². The fourth-order valence-electron chi connectivity index (χ4n) is 4.08. The Labute approximate surface area is 228 Å². The van der Waals surface area contributed by atoms with Crippen molar-refractivity contribution in [2.75, 3.05) is 26.6 Å². The van der Waals surface area contributed by atoms with Crippen LogP contribution < -0.4 is 20.1 Å². The second-order valence-corrected chi connectivity index (χ2v) is 12.9. The number of thiazole rings is 1. The fourth-order valence-corrected chi connectivity index (χ4v) is 6.88. The second-order valence-electron chi connectivity index (χ2n) is 9.42. The van der Waals surface area contributed by atoms with E-state index in [2.05, 4.69) is 10.6 Å². The minimum Gasteiger partial charge on any atom is -0.497 e. The van der Waals surface area contributed by atoms with Crippen molar-refractivity contribution < 1.29 is 23.4 Å². The zero-order valence-corrected chi connectivity index (χ0v) is 23.8. The van der Waals surface area contributed by atoms with Crippen LogP contribution >= 0.6 is 22.1 Å². The first-order valence-electron chi connectivity index (χ1n) is 11.8. The molecule has 4 rings (SSSR count). The zero-order chi connectivity index (χ0) is 27.7. The van der Waals surface area contributed by atoms with E-state index in [1.165, 1.54) is 22.7 Å². The van der Waals surface area contributed by atoms with Gasteiger partial charge in [-0.05, 0) is 45.0 Å². The van der Waals surface area contributed by atoms with Crippen molar-refractivity contribution in [1.29, 1.82) is 0 Å². The molecular formula is C26H33N5O5S2. The molecule has 1 aromatic heterocycles. The average molecular weight is 560 g/mol. The number of amides is 1. The predicted molar refractivity (Wildman–Crippen MR) is 152 cm³/mol. The molecule has 1 aliphatic rings. The smallest absolute Gasteiger partial charge is 0.257 e. The van der Waals surface area contributed by atoms with E-state index in [1.54, 1.807) is 59.3 Å². The molecule has 0 saturated heterocycles. The lowest BCUT2D eigenvalue weighted by Gasteiger charge is -2.60. The summed E-state index contributed by atoms with van der Waals surface area (Å²) in [6, 6.07) is 14.3. The Kier molecular flexibility index (Phi) is 7.62. The highest BCUT2D eigenvalue weighted by molar-refractivity contribution is 8.23. The number of nitrogens with zero attached hydrogens (tertiary/aromatic N) is 3. The van der Waals surface area contributed by atoms with Gasteiger partial charge in [-0.2, -0.15) is 0 Å². The quantitative estimate of drug-likeness (QED) is 0.312. The second kappa shape index (κ2) is 10.4. The number of methoxy groups -OCH3 is 2. The molecule has 204 valence electrons. The van der Waals surface area contributed by atoms with Crippen LogP contribution in [0.2, 0.25) is 0 Å². The summed E-state index contributed by atoms with van der Waals surface area (Å²) >= 11 is 1.36. The van der Waals surface area contributed by atoms with Crippen LogP contribution in [0.1, 0.15) is 41.7 Å². The third kappa shape index (κ3) is 4.80. The first kappa shape index (κ1) is 27.7.